The maximum atomic E-state index is 13.3. The van der Waals surface area contributed by atoms with Gasteiger partial charge in [0.2, 0.25) is 20.0 Å². The van der Waals surface area contributed by atoms with Crippen molar-refractivity contribution < 1.29 is 26.3 Å². The fraction of sp³-hybridized carbons (Fsp3) is 0.520. The Hall–Kier alpha value is -1.82. The molecule has 2 fully saturated rings. The van der Waals surface area contributed by atoms with E-state index in [1.807, 2.05) is 39.8 Å². The topological polar surface area (TPSA) is 93.2 Å². The zero-order valence-electron chi connectivity index (χ0n) is 20.5. The first kappa shape index (κ1) is 24.9. The van der Waals surface area contributed by atoms with Crippen LogP contribution in [0.3, 0.4) is 0 Å². The monoisotopic (exact) mass is 520 g/mol. The molecule has 0 N–H and O–H groups in total. The second-order valence-electron chi connectivity index (χ2n) is 9.97. The zero-order valence-corrected chi connectivity index (χ0v) is 22.1. The van der Waals surface area contributed by atoms with Crippen molar-refractivity contribution in [1.29, 1.82) is 0 Å². The van der Waals surface area contributed by atoms with Crippen LogP contribution >= 0.6 is 0 Å². The first-order valence-corrected chi connectivity index (χ1v) is 14.9. The van der Waals surface area contributed by atoms with E-state index in [0.29, 0.717) is 32.6 Å². The second kappa shape index (κ2) is 8.93. The average molecular weight is 521 g/mol. The third kappa shape index (κ3) is 4.56. The van der Waals surface area contributed by atoms with Gasteiger partial charge in [0.1, 0.15) is 0 Å². The molecule has 0 amide bonds. The molecule has 10 heteroatoms. The van der Waals surface area contributed by atoms with Crippen molar-refractivity contribution in [2.24, 2.45) is 0 Å². The fourth-order valence-corrected chi connectivity index (χ4v) is 8.72. The second-order valence-corrected chi connectivity index (χ2v) is 13.8. The van der Waals surface area contributed by atoms with Gasteiger partial charge >= 0.3 is 0 Å². The summed E-state index contributed by atoms with van der Waals surface area (Å²) in [6.07, 6.45) is -0.159. The van der Waals surface area contributed by atoms with E-state index in [1.54, 1.807) is 24.3 Å². The molecule has 0 aromatic heterocycles. The molecule has 0 spiro atoms. The molecule has 2 aromatic carbocycles. The molecule has 35 heavy (non-hydrogen) atoms. The van der Waals surface area contributed by atoms with Crippen molar-refractivity contribution in [2.45, 2.75) is 68.3 Å². The highest BCUT2D eigenvalue weighted by Gasteiger charge is 2.35. The standard InChI is InChI=1S/C25H32N2O6S2/c1-16-12-26(13-17(2)32-16)34(28,29)22-5-7-24-20(10-22)9-21-11-23(6-8-25(21)24)35(30,31)27-14-18(3)33-19(4)15-27/h5-8,10-11,16-19H,9,12-15H2,1-4H3/t16-,17-,18-,19+/m0/s1. The quantitative estimate of drug-likeness (QED) is 0.525. The summed E-state index contributed by atoms with van der Waals surface area (Å²) < 4.78 is 67.7. The molecule has 1 aliphatic carbocycles. The summed E-state index contributed by atoms with van der Waals surface area (Å²) in [4.78, 5) is 0.518. The summed E-state index contributed by atoms with van der Waals surface area (Å²) in [5, 5.41) is 0. The van der Waals surface area contributed by atoms with Crippen molar-refractivity contribution in [3.8, 4) is 11.1 Å². The molecule has 2 saturated heterocycles. The SMILES string of the molecule is C[C@@H]1CN(S(=O)(=O)c2ccc3c(c2)Cc2cc(S(=O)(=O)N4C[C@H](C)O[C@@H](C)C4)ccc2-3)C[C@H](C)O1. The zero-order chi connectivity index (χ0) is 25.1. The molecule has 0 radical (unpaired) electrons. The summed E-state index contributed by atoms with van der Waals surface area (Å²) in [6.45, 7) is 8.80. The van der Waals surface area contributed by atoms with Crippen molar-refractivity contribution in [3.63, 3.8) is 0 Å². The highest BCUT2D eigenvalue weighted by molar-refractivity contribution is 7.89. The molecular weight excluding hydrogens is 488 g/mol. The third-order valence-corrected chi connectivity index (χ3v) is 10.5. The Labute approximate surface area is 207 Å². The van der Waals surface area contributed by atoms with Crippen molar-refractivity contribution in [1.82, 2.24) is 8.61 Å². The van der Waals surface area contributed by atoms with Crippen LogP contribution in [0.1, 0.15) is 38.8 Å². The van der Waals surface area contributed by atoms with Gasteiger partial charge in [-0.15, -0.1) is 0 Å². The van der Waals surface area contributed by atoms with Gasteiger partial charge in [0.15, 0.2) is 0 Å². The van der Waals surface area contributed by atoms with Crippen molar-refractivity contribution >= 4 is 20.0 Å². The number of hydrogen-bond donors (Lipinski definition) is 0. The maximum absolute atomic E-state index is 13.3. The number of morpholine rings is 2. The molecule has 3 aliphatic rings. The summed E-state index contributed by atoms with van der Waals surface area (Å²) in [7, 11) is -7.31. The van der Waals surface area contributed by atoms with Crippen LogP contribution in [0.5, 0.6) is 0 Å². The van der Waals surface area contributed by atoms with E-state index in [1.165, 1.54) is 8.61 Å². The largest absolute Gasteiger partial charge is 0.373 e. The van der Waals surface area contributed by atoms with Crippen LogP contribution in [0.25, 0.3) is 11.1 Å². The van der Waals surface area contributed by atoms with Crippen molar-refractivity contribution in [3.05, 3.63) is 47.5 Å². The van der Waals surface area contributed by atoms with E-state index < -0.39 is 20.0 Å². The van der Waals surface area contributed by atoms with Crippen molar-refractivity contribution in [2.75, 3.05) is 26.2 Å². The smallest absolute Gasteiger partial charge is 0.243 e. The van der Waals surface area contributed by atoms with E-state index in [-0.39, 0.29) is 34.2 Å². The molecular formula is C25H32N2O6S2. The number of fused-ring (bicyclic) bond motifs is 3. The molecule has 4 atom stereocenters. The Kier molecular flexibility index (Phi) is 6.34. The van der Waals surface area contributed by atoms with Crippen LogP contribution in [-0.2, 0) is 35.9 Å². The predicted octanol–water partition coefficient (Wildman–Crippen LogP) is 2.85. The summed E-state index contributed by atoms with van der Waals surface area (Å²) in [5.74, 6) is 0. The Balaban J connectivity index is 1.42. The molecule has 0 unspecified atom stereocenters. The molecule has 2 aromatic rings. The van der Waals surface area contributed by atoms with Gasteiger partial charge in [-0.05, 0) is 80.6 Å². The Bertz CT molecular complexity index is 1230. The van der Waals surface area contributed by atoms with Crippen LogP contribution < -0.4 is 0 Å². The lowest BCUT2D eigenvalue weighted by atomic mass is 10.1. The molecule has 2 aliphatic heterocycles. The number of rotatable bonds is 4. The molecule has 0 bridgehead atoms. The minimum Gasteiger partial charge on any atom is -0.373 e. The lowest BCUT2D eigenvalue weighted by Gasteiger charge is -2.34. The number of ether oxygens (including phenoxy) is 2. The number of nitrogens with zero attached hydrogens (tertiary/aromatic N) is 2. The molecule has 8 nitrogen and oxygen atoms in total. The van der Waals surface area contributed by atoms with Crippen LogP contribution in [0, 0.1) is 0 Å². The van der Waals surface area contributed by atoms with Gasteiger partial charge in [0, 0.05) is 26.2 Å². The fourth-order valence-electron chi connectivity index (χ4n) is 5.44. The van der Waals surface area contributed by atoms with E-state index in [9.17, 15) is 16.8 Å². The number of hydrogen-bond acceptors (Lipinski definition) is 6. The summed E-state index contributed by atoms with van der Waals surface area (Å²) in [5.41, 5.74) is 3.66. The van der Waals surface area contributed by atoms with E-state index in [4.69, 9.17) is 9.47 Å². The lowest BCUT2D eigenvalue weighted by Crippen LogP contribution is -2.48. The van der Waals surface area contributed by atoms with Gasteiger partial charge in [-0.2, -0.15) is 8.61 Å². The van der Waals surface area contributed by atoms with Crippen LogP contribution in [0.2, 0.25) is 0 Å². The lowest BCUT2D eigenvalue weighted by molar-refractivity contribution is -0.0442. The minimum absolute atomic E-state index is 0.162. The first-order valence-electron chi connectivity index (χ1n) is 12.0. The number of sulfonamides is 2. The molecule has 2 heterocycles. The van der Waals surface area contributed by atoms with Crippen LogP contribution in [-0.4, -0.2) is 76.0 Å². The van der Waals surface area contributed by atoms with Crippen LogP contribution in [0.4, 0.5) is 0 Å². The van der Waals surface area contributed by atoms with Gasteiger partial charge in [-0.25, -0.2) is 16.8 Å². The molecule has 0 saturated carbocycles. The summed E-state index contributed by atoms with van der Waals surface area (Å²) >= 11 is 0. The van der Waals surface area contributed by atoms with E-state index in [0.717, 1.165) is 22.3 Å². The summed E-state index contributed by atoms with van der Waals surface area (Å²) in [6, 6.07) is 10.4. The Morgan fingerprint density at radius 2 is 0.971 bits per heavy atom. The Morgan fingerprint density at radius 1 is 0.629 bits per heavy atom. The van der Waals surface area contributed by atoms with E-state index in [2.05, 4.69) is 0 Å². The van der Waals surface area contributed by atoms with Gasteiger partial charge in [0.25, 0.3) is 0 Å². The van der Waals surface area contributed by atoms with Gasteiger partial charge < -0.3 is 9.47 Å². The molecule has 5 rings (SSSR count). The highest BCUT2D eigenvalue weighted by atomic mass is 32.2. The van der Waals surface area contributed by atoms with Gasteiger partial charge in [0.05, 0.1) is 34.2 Å². The third-order valence-electron chi connectivity index (χ3n) is 6.87. The van der Waals surface area contributed by atoms with Gasteiger partial charge in [-0.3, -0.25) is 0 Å². The number of benzene rings is 2. The predicted molar refractivity (Wildman–Crippen MR) is 132 cm³/mol. The highest BCUT2D eigenvalue weighted by Crippen LogP contribution is 2.39. The Morgan fingerprint density at radius 3 is 1.31 bits per heavy atom. The first-order chi connectivity index (χ1) is 16.4. The average Bonchev–Trinajstić information content (AvgIpc) is 3.15. The molecule has 190 valence electrons. The minimum atomic E-state index is -3.65. The van der Waals surface area contributed by atoms with E-state index >= 15 is 0 Å². The van der Waals surface area contributed by atoms with Gasteiger partial charge in [-0.1, -0.05) is 12.1 Å². The normalized spacial score (nSPS) is 28.0. The maximum Gasteiger partial charge on any atom is 0.243 e. The van der Waals surface area contributed by atoms with Crippen LogP contribution in [0.15, 0.2) is 46.2 Å².